The van der Waals surface area contributed by atoms with Crippen LogP contribution >= 0.6 is 0 Å². The lowest BCUT2D eigenvalue weighted by Gasteiger charge is -2.49. The Morgan fingerprint density at radius 1 is 0.886 bits per heavy atom. The largest absolute Gasteiger partial charge is 0.481 e. The molecule has 256 valence electrons. The second-order valence-electron chi connectivity index (χ2n) is 15.1. The minimum absolute atomic E-state index is 0.0786. The minimum Gasteiger partial charge on any atom is -0.481 e. The lowest BCUT2D eigenvalue weighted by Crippen LogP contribution is -2.58. The van der Waals surface area contributed by atoms with Crippen LogP contribution in [0, 0.1) is 47.3 Å². The second-order valence-corrected chi connectivity index (χ2v) is 15.1. The van der Waals surface area contributed by atoms with E-state index in [1.165, 1.54) is 6.92 Å². The summed E-state index contributed by atoms with van der Waals surface area (Å²) in [6.45, 7) is 19.9. The number of ketones is 1. The number of carboxylic acids is 1. The monoisotopic (exact) mass is 628 g/mol. The van der Waals surface area contributed by atoms with Crippen LogP contribution < -0.4 is 0 Å². The van der Waals surface area contributed by atoms with E-state index in [0.29, 0.717) is 32.1 Å². The Hall–Kier alpha value is -1.14. The second kappa shape index (κ2) is 13.2. The lowest BCUT2D eigenvalue weighted by atomic mass is 9.72. The highest BCUT2D eigenvalue weighted by Crippen LogP contribution is 2.56. The first-order chi connectivity index (χ1) is 20.2. The van der Waals surface area contributed by atoms with Gasteiger partial charge >= 0.3 is 5.97 Å². The van der Waals surface area contributed by atoms with Gasteiger partial charge in [-0.1, -0.05) is 55.4 Å². The van der Waals surface area contributed by atoms with Crippen molar-refractivity contribution in [3.05, 3.63) is 0 Å². The molecule has 5 N–H and O–H groups in total. The van der Waals surface area contributed by atoms with Crippen LogP contribution in [0.2, 0.25) is 0 Å². The Kier molecular flexibility index (Phi) is 11.2. The zero-order chi connectivity index (χ0) is 33.7. The summed E-state index contributed by atoms with van der Waals surface area (Å²) in [6.07, 6.45) is -0.601. The van der Waals surface area contributed by atoms with Crippen LogP contribution in [0.1, 0.15) is 108 Å². The maximum absolute atomic E-state index is 14.1. The lowest BCUT2D eigenvalue weighted by molar-refractivity contribution is -0.331. The smallest absolute Gasteiger partial charge is 0.311 e. The van der Waals surface area contributed by atoms with Crippen molar-refractivity contribution in [2.75, 3.05) is 0 Å². The molecule has 0 aromatic rings. The zero-order valence-electron chi connectivity index (χ0n) is 28.7. The number of carboxylic acid groups (broad SMARTS) is 1. The normalized spacial score (nSPS) is 45.3. The molecule has 3 saturated heterocycles. The molecule has 16 atom stereocenters. The molecule has 3 heterocycles. The number of carbonyl (C=O) groups is 2. The van der Waals surface area contributed by atoms with Crippen molar-refractivity contribution in [2.45, 2.75) is 155 Å². The Balaban J connectivity index is 1.80. The van der Waals surface area contributed by atoms with Crippen LogP contribution in [-0.2, 0) is 23.8 Å². The van der Waals surface area contributed by atoms with Gasteiger partial charge < -0.3 is 39.7 Å². The minimum atomic E-state index is -1.89. The number of hydrogen-bond donors (Lipinski definition) is 5. The summed E-state index contributed by atoms with van der Waals surface area (Å²) in [4.78, 5) is 25.8. The summed E-state index contributed by atoms with van der Waals surface area (Å²) in [6, 6.07) is 0. The highest BCUT2D eigenvalue weighted by Gasteiger charge is 2.66. The van der Waals surface area contributed by atoms with Crippen LogP contribution in [0.4, 0.5) is 0 Å². The first kappa shape index (κ1) is 37.3. The molecule has 10 nitrogen and oxygen atoms in total. The van der Waals surface area contributed by atoms with E-state index in [0.717, 1.165) is 0 Å². The summed E-state index contributed by atoms with van der Waals surface area (Å²) in [5, 5.41) is 55.0. The summed E-state index contributed by atoms with van der Waals surface area (Å²) < 4.78 is 19.1. The topological polar surface area (TPSA) is 163 Å². The number of carbonyl (C=O) groups excluding carboxylic acids is 1. The molecular weight excluding hydrogens is 568 g/mol. The standard InChI is InChI=1S/C34H60O10/c1-12-25(29-18(4)15-31(11,42-29)34(41)20(6)16-32(13-2,44-34)24(10)35)27(37)21(7)26(36)22(8)28-17(3)14-19(5)33(40,43-28)23(9)30(38)39/h17-26,28-29,35-36,40-41H,12-16H2,1-11H3,(H,38,39)/t17-,18-,19+,20+,21-,22-,23+,24-,25-,26+,28-,29-,31-,32+,33+,34+/m0/s1. The first-order valence-electron chi connectivity index (χ1n) is 16.8. The maximum Gasteiger partial charge on any atom is 0.311 e. The number of rotatable bonds is 12. The summed E-state index contributed by atoms with van der Waals surface area (Å²) >= 11 is 0. The Labute approximate surface area is 263 Å². The average Bonchev–Trinajstić information content (AvgIpc) is 3.43. The van der Waals surface area contributed by atoms with Gasteiger partial charge in [0, 0.05) is 29.6 Å². The molecule has 0 aliphatic carbocycles. The van der Waals surface area contributed by atoms with Gasteiger partial charge in [0.05, 0.1) is 30.0 Å². The quantitative estimate of drug-likeness (QED) is 0.212. The highest BCUT2D eigenvalue weighted by molar-refractivity contribution is 5.84. The number of aliphatic hydroxyl groups excluding tert-OH is 2. The number of hydrogen-bond acceptors (Lipinski definition) is 9. The molecule has 0 unspecified atom stereocenters. The fourth-order valence-corrected chi connectivity index (χ4v) is 8.80. The van der Waals surface area contributed by atoms with Crippen molar-refractivity contribution in [1.82, 2.24) is 0 Å². The van der Waals surface area contributed by atoms with E-state index in [1.807, 2.05) is 41.5 Å². The molecule has 0 bridgehead atoms. The Morgan fingerprint density at radius 2 is 1.48 bits per heavy atom. The van der Waals surface area contributed by atoms with E-state index in [9.17, 15) is 35.1 Å². The van der Waals surface area contributed by atoms with Gasteiger partial charge in [-0.05, 0) is 64.7 Å². The molecule has 0 radical (unpaired) electrons. The van der Waals surface area contributed by atoms with E-state index in [4.69, 9.17) is 14.2 Å². The van der Waals surface area contributed by atoms with Crippen molar-refractivity contribution < 1.29 is 49.3 Å². The van der Waals surface area contributed by atoms with E-state index < -0.39 is 82.8 Å². The predicted molar refractivity (Wildman–Crippen MR) is 164 cm³/mol. The fourth-order valence-electron chi connectivity index (χ4n) is 8.80. The first-order valence-corrected chi connectivity index (χ1v) is 16.8. The predicted octanol–water partition coefficient (Wildman–Crippen LogP) is 4.14. The molecule has 0 amide bonds. The van der Waals surface area contributed by atoms with E-state index in [-0.39, 0.29) is 23.5 Å². The van der Waals surface area contributed by atoms with Crippen molar-refractivity contribution >= 4 is 11.8 Å². The van der Waals surface area contributed by atoms with Gasteiger partial charge in [0.1, 0.15) is 17.3 Å². The number of ether oxygens (including phenoxy) is 3. The zero-order valence-corrected chi connectivity index (χ0v) is 28.7. The van der Waals surface area contributed by atoms with Crippen LogP contribution in [0.3, 0.4) is 0 Å². The van der Waals surface area contributed by atoms with Crippen molar-refractivity contribution in [3.63, 3.8) is 0 Å². The maximum atomic E-state index is 14.1. The van der Waals surface area contributed by atoms with Gasteiger partial charge in [0.15, 0.2) is 11.6 Å². The third kappa shape index (κ3) is 6.14. The third-order valence-corrected chi connectivity index (χ3v) is 12.0. The highest BCUT2D eigenvalue weighted by atomic mass is 16.7. The van der Waals surface area contributed by atoms with Gasteiger partial charge in [-0.15, -0.1) is 0 Å². The fraction of sp³-hybridized carbons (Fsp3) is 0.941. The summed E-state index contributed by atoms with van der Waals surface area (Å²) in [5.41, 5.74) is -2.00. The van der Waals surface area contributed by atoms with E-state index in [1.54, 1.807) is 27.7 Å². The third-order valence-electron chi connectivity index (χ3n) is 12.0. The molecule has 3 fully saturated rings. The van der Waals surface area contributed by atoms with Crippen molar-refractivity contribution in [1.29, 1.82) is 0 Å². The van der Waals surface area contributed by atoms with Crippen LogP contribution in [-0.4, -0.2) is 84.5 Å². The van der Waals surface area contributed by atoms with Gasteiger partial charge in [0.2, 0.25) is 0 Å². The molecule has 10 heteroatoms. The summed E-state index contributed by atoms with van der Waals surface area (Å²) in [5.74, 6) is -8.84. The van der Waals surface area contributed by atoms with Crippen molar-refractivity contribution in [2.24, 2.45) is 47.3 Å². The SMILES string of the molecule is CC[C@@H](C(=O)[C@@H](C)[C@@H](O)[C@H](C)[C@H]1O[C@@](O)([C@H](C)C(=O)O)[C@H](C)C[C@@H]1C)[C@H]1O[C@](C)([C@]2(O)O[C@@](CC)([C@H](C)O)C[C@H]2C)C[C@@H]1C. The van der Waals surface area contributed by atoms with Gasteiger partial charge in [-0.25, -0.2) is 0 Å². The number of aliphatic hydroxyl groups is 4. The molecule has 0 saturated carbocycles. The van der Waals surface area contributed by atoms with E-state index in [2.05, 4.69) is 0 Å². The van der Waals surface area contributed by atoms with Crippen LogP contribution in [0.25, 0.3) is 0 Å². The Morgan fingerprint density at radius 3 is 1.95 bits per heavy atom. The molecule has 0 spiro atoms. The van der Waals surface area contributed by atoms with Gasteiger partial charge in [-0.3, -0.25) is 9.59 Å². The van der Waals surface area contributed by atoms with Gasteiger partial charge in [0.25, 0.3) is 0 Å². The number of aliphatic carboxylic acids is 1. The molecule has 0 aromatic carbocycles. The molecular formula is C34H60O10. The van der Waals surface area contributed by atoms with Gasteiger partial charge in [-0.2, -0.15) is 0 Å². The van der Waals surface area contributed by atoms with Crippen LogP contribution in [0.5, 0.6) is 0 Å². The molecule has 3 rings (SSSR count). The van der Waals surface area contributed by atoms with E-state index >= 15 is 0 Å². The molecule has 0 aromatic heterocycles. The Bertz CT molecular complexity index is 1040. The van der Waals surface area contributed by atoms with Crippen LogP contribution in [0.15, 0.2) is 0 Å². The molecule has 3 aliphatic heterocycles. The average molecular weight is 629 g/mol. The summed E-state index contributed by atoms with van der Waals surface area (Å²) in [7, 11) is 0. The number of Topliss-reactive ketones (excluding diaryl/α,β-unsaturated/α-hetero) is 1. The van der Waals surface area contributed by atoms with Crippen molar-refractivity contribution in [3.8, 4) is 0 Å². The molecule has 3 aliphatic rings. The molecule has 44 heavy (non-hydrogen) atoms.